The minimum absolute atomic E-state index is 0.315. The van der Waals surface area contributed by atoms with E-state index in [0.29, 0.717) is 11.5 Å². The van der Waals surface area contributed by atoms with Gasteiger partial charge in [0.05, 0.1) is 19.8 Å². The molecule has 0 aromatic heterocycles. The summed E-state index contributed by atoms with van der Waals surface area (Å²) in [4.78, 5) is 1.71. The van der Waals surface area contributed by atoms with E-state index in [4.69, 9.17) is 17.0 Å². The van der Waals surface area contributed by atoms with Crippen LogP contribution in [0.4, 0.5) is 5.69 Å². The number of morpholine rings is 1. The Hall–Kier alpha value is -1.17. The van der Waals surface area contributed by atoms with Crippen LogP contribution in [0.2, 0.25) is 0 Å². The standard InChI is InChI=1S/C21H33N3OS/c1-17(2)18-6-8-19(9-7-18)23-20(26)22-16-21(10-4-3-5-11-21)24-12-14-25-15-13-24/h6-9,17H,3-5,10-16H2,1-2H3,(H2,22,23,26)/p+1. The van der Waals surface area contributed by atoms with Gasteiger partial charge in [-0.05, 0) is 48.7 Å². The molecule has 3 N–H and O–H groups in total. The molecule has 3 rings (SSSR count). The maximum absolute atomic E-state index is 5.59. The van der Waals surface area contributed by atoms with Crippen molar-refractivity contribution in [3.63, 3.8) is 0 Å². The predicted octanol–water partition coefficient (Wildman–Crippen LogP) is 2.71. The van der Waals surface area contributed by atoms with Crippen LogP contribution < -0.4 is 15.5 Å². The van der Waals surface area contributed by atoms with Crippen molar-refractivity contribution in [3.8, 4) is 0 Å². The molecule has 0 radical (unpaired) electrons. The van der Waals surface area contributed by atoms with Crippen LogP contribution in [0.25, 0.3) is 0 Å². The molecule has 1 aliphatic heterocycles. The Morgan fingerprint density at radius 3 is 2.38 bits per heavy atom. The molecule has 2 fully saturated rings. The molecule has 1 saturated carbocycles. The predicted molar refractivity (Wildman–Crippen MR) is 112 cm³/mol. The van der Waals surface area contributed by atoms with Crippen LogP contribution in [0.15, 0.2) is 24.3 Å². The number of hydrogen-bond acceptors (Lipinski definition) is 2. The summed E-state index contributed by atoms with van der Waals surface area (Å²) in [6.45, 7) is 9.41. The number of quaternary nitrogens is 1. The van der Waals surface area contributed by atoms with E-state index >= 15 is 0 Å². The van der Waals surface area contributed by atoms with Crippen LogP contribution in [-0.2, 0) is 4.74 Å². The Labute approximate surface area is 163 Å². The summed E-state index contributed by atoms with van der Waals surface area (Å²) in [5.41, 5.74) is 2.73. The highest BCUT2D eigenvalue weighted by Gasteiger charge is 2.42. The Morgan fingerprint density at radius 1 is 1.12 bits per heavy atom. The lowest BCUT2D eigenvalue weighted by molar-refractivity contribution is -0.960. The van der Waals surface area contributed by atoms with Gasteiger partial charge in [0.15, 0.2) is 5.11 Å². The smallest absolute Gasteiger partial charge is 0.171 e. The third kappa shape index (κ3) is 4.96. The van der Waals surface area contributed by atoms with E-state index in [1.807, 2.05) is 0 Å². The second-order valence-corrected chi connectivity index (χ2v) is 8.55. The SMILES string of the molecule is CC(C)c1ccc(NC(=S)NCC2([NH+]3CCOCC3)CCCCC2)cc1. The number of anilines is 1. The van der Waals surface area contributed by atoms with E-state index in [9.17, 15) is 0 Å². The number of nitrogens with one attached hydrogen (secondary N) is 3. The van der Waals surface area contributed by atoms with Gasteiger partial charge in [-0.3, -0.25) is 0 Å². The van der Waals surface area contributed by atoms with Gasteiger partial charge in [-0.15, -0.1) is 0 Å². The van der Waals surface area contributed by atoms with Crippen LogP contribution in [0.3, 0.4) is 0 Å². The topological polar surface area (TPSA) is 37.7 Å². The average Bonchev–Trinajstić information content (AvgIpc) is 2.68. The van der Waals surface area contributed by atoms with Crippen LogP contribution >= 0.6 is 12.2 Å². The van der Waals surface area contributed by atoms with E-state index < -0.39 is 0 Å². The monoisotopic (exact) mass is 376 g/mol. The van der Waals surface area contributed by atoms with E-state index in [1.54, 1.807) is 4.90 Å². The summed E-state index contributed by atoms with van der Waals surface area (Å²) < 4.78 is 5.59. The molecule has 26 heavy (non-hydrogen) atoms. The van der Waals surface area contributed by atoms with Gasteiger partial charge in [0.25, 0.3) is 0 Å². The van der Waals surface area contributed by atoms with Gasteiger partial charge in [0, 0.05) is 18.5 Å². The first-order valence-electron chi connectivity index (χ1n) is 10.2. The number of ether oxygens (including phenoxy) is 1. The van der Waals surface area contributed by atoms with Crippen molar-refractivity contribution in [1.29, 1.82) is 0 Å². The zero-order valence-electron chi connectivity index (χ0n) is 16.3. The highest BCUT2D eigenvalue weighted by atomic mass is 32.1. The van der Waals surface area contributed by atoms with Crippen LogP contribution in [0, 0.1) is 0 Å². The lowest BCUT2D eigenvalue weighted by Gasteiger charge is -2.45. The normalized spacial score (nSPS) is 20.7. The summed E-state index contributed by atoms with van der Waals surface area (Å²) >= 11 is 5.58. The van der Waals surface area contributed by atoms with Gasteiger partial charge in [-0.1, -0.05) is 32.4 Å². The fourth-order valence-corrected chi connectivity index (χ4v) is 4.60. The third-order valence-corrected chi connectivity index (χ3v) is 6.33. The van der Waals surface area contributed by atoms with Gasteiger partial charge < -0.3 is 20.3 Å². The Bertz CT molecular complexity index is 575. The molecule has 0 bridgehead atoms. The Morgan fingerprint density at radius 2 is 1.77 bits per heavy atom. The average molecular weight is 377 g/mol. The molecule has 5 heteroatoms. The molecule has 1 saturated heterocycles. The molecule has 0 spiro atoms. The van der Waals surface area contributed by atoms with Crippen molar-refractivity contribution >= 4 is 23.0 Å². The molecule has 1 aromatic rings. The third-order valence-electron chi connectivity index (χ3n) is 6.08. The fraction of sp³-hybridized carbons (Fsp3) is 0.667. The van der Waals surface area contributed by atoms with Crippen molar-refractivity contribution in [2.75, 3.05) is 38.2 Å². The van der Waals surface area contributed by atoms with Crippen LogP contribution in [0.5, 0.6) is 0 Å². The molecule has 1 aliphatic carbocycles. The second-order valence-electron chi connectivity index (χ2n) is 8.14. The number of benzene rings is 1. The van der Waals surface area contributed by atoms with Gasteiger partial charge >= 0.3 is 0 Å². The molecule has 0 atom stereocenters. The number of hydrogen-bond donors (Lipinski definition) is 3. The molecule has 1 aromatic carbocycles. The minimum atomic E-state index is 0.315. The van der Waals surface area contributed by atoms with Crippen molar-refractivity contribution in [2.24, 2.45) is 0 Å². The van der Waals surface area contributed by atoms with Gasteiger partial charge in [-0.25, -0.2) is 0 Å². The molecular weight excluding hydrogens is 342 g/mol. The van der Waals surface area contributed by atoms with Crippen molar-refractivity contribution in [1.82, 2.24) is 5.32 Å². The number of rotatable bonds is 5. The lowest BCUT2D eigenvalue weighted by Crippen LogP contribution is -3.23. The molecule has 0 unspecified atom stereocenters. The van der Waals surface area contributed by atoms with E-state index in [0.717, 1.165) is 43.6 Å². The molecule has 0 amide bonds. The van der Waals surface area contributed by atoms with Crippen LogP contribution in [-0.4, -0.2) is 43.5 Å². The quantitative estimate of drug-likeness (QED) is 0.691. The first kappa shape index (κ1) is 19.6. The molecule has 4 nitrogen and oxygen atoms in total. The van der Waals surface area contributed by atoms with Gasteiger partial charge in [0.1, 0.15) is 18.6 Å². The molecular formula is C21H34N3OS+. The first-order chi connectivity index (χ1) is 12.6. The molecule has 1 heterocycles. The van der Waals surface area contributed by atoms with Gasteiger partial charge in [0.2, 0.25) is 0 Å². The Balaban J connectivity index is 1.56. The maximum atomic E-state index is 5.59. The zero-order chi connectivity index (χ0) is 18.4. The molecule has 2 aliphatic rings. The van der Waals surface area contributed by atoms with E-state index in [2.05, 4.69) is 48.7 Å². The van der Waals surface area contributed by atoms with Crippen LogP contribution in [0.1, 0.15) is 57.4 Å². The molecule has 144 valence electrons. The maximum Gasteiger partial charge on any atom is 0.171 e. The Kier molecular flexibility index (Phi) is 6.90. The largest absolute Gasteiger partial charge is 0.370 e. The summed E-state index contributed by atoms with van der Waals surface area (Å²) in [6.07, 6.45) is 6.63. The van der Waals surface area contributed by atoms with E-state index in [-0.39, 0.29) is 0 Å². The summed E-state index contributed by atoms with van der Waals surface area (Å²) in [5.74, 6) is 0.553. The fourth-order valence-electron chi connectivity index (χ4n) is 4.41. The summed E-state index contributed by atoms with van der Waals surface area (Å²) in [6, 6.07) is 8.59. The van der Waals surface area contributed by atoms with Crippen molar-refractivity contribution < 1.29 is 9.64 Å². The van der Waals surface area contributed by atoms with Gasteiger partial charge in [-0.2, -0.15) is 0 Å². The lowest BCUT2D eigenvalue weighted by atomic mass is 9.80. The highest BCUT2D eigenvalue weighted by Crippen LogP contribution is 2.25. The summed E-state index contributed by atoms with van der Waals surface area (Å²) in [7, 11) is 0. The van der Waals surface area contributed by atoms with Crippen molar-refractivity contribution in [2.45, 2.75) is 57.4 Å². The van der Waals surface area contributed by atoms with Crippen molar-refractivity contribution in [3.05, 3.63) is 29.8 Å². The second kappa shape index (κ2) is 9.16. The number of thiocarbonyl (C=S) groups is 1. The highest BCUT2D eigenvalue weighted by molar-refractivity contribution is 7.80. The zero-order valence-corrected chi connectivity index (χ0v) is 17.1. The van der Waals surface area contributed by atoms with E-state index in [1.165, 1.54) is 37.7 Å². The first-order valence-corrected chi connectivity index (χ1v) is 10.6. The summed E-state index contributed by atoms with van der Waals surface area (Å²) in [5, 5.41) is 7.63. The minimum Gasteiger partial charge on any atom is -0.370 e.